The molecule has 3 fully saturated rings. The molecule has 1 spiro atoms. The Balaban J connectivity index is 0.00000231. The standard InChI is InChI=1S/C23H29N3O3S.H2/c27-22(25-18-3-1-4-19(15-18)30(28,29)16-17-6-7-17)20-5-2-12-24-21(20)26-13-10-23(8-9-23)11-14-26;/h1-5,12,15,17,28-29H,6-11,13-14,16H2,(H,25,27);1H. The summed E-state index contributed by atoms with van der Waals surface area (Å²) in [7, 11) is -2.82. The molecule has 0 unspecified atom stereocenters. The van der Waals surface area contributed by atoms with Gasteiger partial charge in [0, 0.05) is 32.2 Å². The number of rotatable bonds is 6. The summed E-state index contributed by atoms with van der Waals surface area (Å²) in [5.41, 5.74) is 1.69. The molecule has 7 heteroatoms. The monoisotopic (exact) mass is 429 g/mol. The van der Waals surface area contributed by atoms with Crippen molar-refractivity contribution in [1.29, 1.82) is 0 Å². The quantitative estimate of drug-likeness (QED) is 0.566. The molecule has 162 valence electrons. The Kier molecular flexibility index (Phi) is 5.00. The van der Waals surface area contributed by atoms with Gasteiger partial charge in [0.1, 0.15) is 5.82 Å². The number of nitrogens with zero attached hydrogens (tertiary/aromatic N) is 2. The van der Waals surface area contributed by atoms with Crippen LogP contribution in [0.3, 0.4) is 0 Å². The van der Waals surface area contributed by atoms with Gasteiger partial charge >= 0.3 is 0 Å². The topological polar surface area (TPSA) is 85.7 Å². The van der Waals surface area contributed by atoms with Crippen LogP contribution in [0.5, 0.6) is 0 Å². The highest BCUT2D eigenvalue weighted by Crippen LogP contribution is 2.54. The Labute approximate surface area is 180 Å². The van der Waals surface area contributed by atoms with Crippen LogP contribution in [0.1, 0.15) is 50.3 Å². The number of carbonyl (C=O) groups is 1. The van der Waals surface area contributed by atoms with E-state index in [-0.39, 0.29) is 7.33 Å². The van der Waals surface area contributed by atoms with Crippen LogP contribution >= 0.6 is 10.6 Å². The third kappa shape index (κ3) is 4.19. The number of nitrogens with one attached hydrogen (secondary N) is 1. The first kappa shape index (κ1) is 19.8. The minimum Gasteiger partial charge on any atom is -0.356 e. The fraction of sp³-hybridized carbons (Fsp3) is 0.478. The fourth-order valence-electron chi connectivity index (χ4n) is 4.38. The molecule has 0 bridgehead atoms. The SMILES string of the molecule is O=C(Nc1cccc(S(O)(O)CC2CC2)c1)c1cccnc1N1CCC2(CC1)CC2.[HH]. The zero-order valence-electron chi connectivity index (χ0n) is 17.1. The summed E-state index contributed by atoms with van der Waals surface area (Å²) in [6.45, 7) is 1.88. The van der Waals surface area contributed by atoms with Gasteiger partial charge in [0.2, 0.25) is 0 Å². The lowest BCUT2D eigenvalue weighted by Gasteiger charge is -2.34. The van der Waals surface area contributed by atoms with Gasteiger partial charge in [-0.15, -0.1) is 0 Å². The number of anilines is 2. The van der Waals surface area contributed by atoms with Crippen molar-refractivity contribution in [3.8, 4) is 0 Å². The Morgan fingerprint density at radius 2 is 1.93 bits per heavy atom. The van der Waals surface area contributed by atoms with E-state index < -0.39 is 10.6 Å². The Morgan fingerprint density at radius 1 is 1.17 bits per heavy atom. The van der Waals surface area contributed by atoms with Crippen molar-refractivity contribution in [3.05, 3.63) is 48.2 Å². The van der Waals surface area contributed by atoms with Crippen LogP contribution in [0.2, 0.25) is 0 Å². The van der Waals surface area contributed by atoms with E-state index in [9.17, 15) is 13.9 Å². The van der Waals surface area contributed by atoms with Gasteiger partial charge in [-0.1, -0.05) is 6.07 Å². The zero-order chi connectivity index (χ0) is 20.8. The molecule has 2 heterocycles. The summed E-state index contributed by atoms with van der Waals surface area (Å²) in [5.74, 6) is 1.33. The van der Waals surface area contributed by atoms with Crippen molar-refractivity contribution in [1.82, 2.24) is 4.98 Å². The van der Waals surface area contributed by atoms with Crippen molar-refractivity contribution < 1.29 is 15.3 Å². The van der Waals surface area contributed by atoms with E-state index in [1.54, 1.807) is 36.5 Å². The van der Waals surface area contributed by atoms with Crippen LogP contribution in [0.15, 0.2) is 47.5 Å². The molecular formula is C23H31N3O3S. The largest absolute Gasteiger partial charge is 0.356 e. The number of pyridine rings is 1. The molecule has 2 aliphatic carbocycles. The highest BCUT2D eigenvalue weighted by Gasteiger charge is 2.44. The molecule has 0 atom stereocenters. The predicted octanol–water partition coefficient (Wildman–Crippen LogP) is 5.48. The molecule has 1 aliphatic heterocycles. The highest BCUT2D eigenvalue weighted by atomic mass is 32.3. The summed E-state index contributed by atoms with van der Waals surface area (Å²) < 4.78 is 21.1. The van der Waals surface area contributed by atoms with Crippen molar-refractivity contribution in [2.45, 2.75) is 43.4 Å². The average Bonchev–Trinajstić information content (AvgIpc) is 3.68. The van der Waals surface area contributed by atoms with E-state index in [2.05, 4.69) is 15.2 Å². The molecule has 5 rings (SSSR count). The lowest BCUT2D eigenvalue weighted by atomic mass is 9.93. The molecule has 3 N–H and O–H groups in total. The van der Waals surface area contributed by atoms with Crippen molar-refractivity contribution >= 4 is 28.0 Å². The van der Waals surface area contributed by atoms with Gasteiger partial charge in [0.05, 0.1) is 10.5 Å². The van der Waals surface area contributed by atoms with Gasteiger partial charge < -0.3 is 10.2 Å². The molecule has 0 radical (unpaired) electrons. The van der Waals surface area contributed by atoms with E-state index in [1.807, 2.05) is 6.07 Å². The van der Waals surface area contributed by atoms with Crippen LogP contribution in [0, 0.1) is 11.3 Å². The molecule has 30 heavy (non-hydrogen) atoms. The molecule has 1 aromatic carbocycles. The third-order valence-corrected chi connectivity index (χ3v) is 8.69. The molecule has 1 saturated heterocycles. The minimum absolute atomic E-state index is 0. The summed E-state index contributed by atoms with van der Waals surface area (Å²) in [6.07, 6.45) is 8.89. The number of carbonyl (C=O) groups excluding carboxylic acids is 1. The average molecular weight is 430 g/mol. The number of amides is 1. The highest BCUT2D eigenvalue weighted by molar-refractivity contribution is 8.24. The van der Waals surface area contributed by atoms with Crippen molar-refractivity contribution in [2.24, 2.45) is 11.3 Å². The van der Waals surface area contributed by atoms with Crippen LogP contribution in [-0.4, -0.2) is 38.8 Å². The lowest BCUT2D eigenvalue weighted by molar-refractivity contribution is 0.102. The second-order valence-electron chi connectivity index (χ2n) is 9.12. The maximum absolute atomic E-state index is 13.1. The summed E-state index contributed by atoms with van der Waals surface area (Å²) in [6, 6.07) is 10.5. The van der Waals surface area contributed by atoms with Gasteiger partial charge in [0.25, 0.3) is 5.91 Å². The number of hydrogen-bond acceptors (Lipinski definition) is 5. The summed E-state index contributed by atoms with van der Waals surface area (Å²) in [5, 5.41) is 2.93. The molecule has 1 aromatic heterocycles. The number of hydrogen-bond donors (Lipinski definition) is 3. The van der Waals surface area contributed by atoms with E-state index >= 15 is 0 Å². The van der Waals surface area contributed by atoms with Crippen molar-refractivity contribution in [3.63, 3.8) is 0 Å². The number of benzene rings is 1. The van der Waals surface area contributed by atoms with Crippen LogP contribution < -0.4 is 10.2 Å². The van der Waals surface area contributed by atoms with E-state index in [0.29, 0.717) is 33.2 Å². The Hall–Kier alpha value is -2.09. The third-order valence-electron chi connectivity index (χ3n) is 6.75. The maximum atomic E-state index is 13.1. The maximum Gasteiger partial charge on any atom is 0.259 e. The summed E-state index contributed by atoms with van der Waals surface area (Å²) >= 11 is 0. The first-order valence-electron chi connectivity index (χ1n) is 10.8. The number of piperidine rings is 1. The Morgan fingerprint density at radius 3 is 2.63 bits per heavy atom. The van der Waals surface area contributed by atoms with E-state index in [4.69, 9.17) is 0 Å². The smallest absolute Gasteiger partial charge is 0.259 e. The van der Waals surface area contributed by atoms with Gasteiger partial charge in [-0.25, -0.2) is 4.98 Å². The van der Waals surface area contributed by atoms with E-state index in [0.717, 1.165) is 31.7 Å². The second kappa shape index (κ2) is 7.55. The molecule has 3 aliphatic rings. The van der Waals surface area contributed by atoms with Gasteiger partial charge in [0.15, 0.2) is 0 Å². The second-order valence-corrected chi connectivity index (χ2v) is 11.3. The molecule has 6 nitrogen and oxygen atoms in total. The minimum atomic E-state index is -2.82. The molecule has 2 aromatic rings. The lowest BCUT2D eigenvalue weighted by Crippen LogP contribution is -2.36. The molecular weight excluding hydrogens is 398 g/mol. The first-order valence-corrected chi connectivity index (χ1v) is 12.5. The molecule has 2 saturated carbocycles. The van der Waals surface area contributed by atoms with Crippen LogP contribution in [-0.2, 0) is 0 Å². The fourth-order valence-corrected chi connectivity index (χ4v) is 6.18. The van der Waals surface area contributed by atoms with Gasteiger partial charge in [-0.3, -0.25) is 13.9 Å². The Bertz CT molecular complexity index is 953. The normalized spacial score (nSPS) is 20.8. The zero-order valence-corrected chi connectivity index (χ0v) is 17.9. The molecule has 1 amide bonds. The van der Waals surface area contributed by atoms with Crippen molar-refractivity contribution in [2.75, 3.05) is 29.1 Å². The van der Waals surface area contributed by atoms with Gasteiger partial charge in [-0.2, -0.15) is 10.6 Å². The van der Waals surface area contributed by atoms with Gasteiger partial charge in [-0.05, 0) is 80.2 Å². The van der Waals surface area contributed by atoms with Crippen LogP contribution in [0.25, 0.3) is 0 Å². The summed E-state index contributed by atoms with van der Waals surface area (Å²) in [4.78, 5) is 20.3. The van der Waals surface area contributed by atoms with E-state index in [1.165, 1.54) is 25.7 Å². The number of aromatic nitrogens is 1. The first-order chi connectivity index (χ1) is 14.4. The van der Waals surface area contributed by atoms with Crippen LogP contribution in [0.4, 0.5) is 11.5 Å². The predicted molar refractivity (Wildman–Crippen MR) is 123 cm³/mol.